The van der Waals surface area contributed by atoms with Gasteiger partial charge in [-0.05, 0) is 43.3 Å². The molecule has 2 N–H and O–H groups in total. The fourth-order valence-electron chi connectivity index (χ4n) is 3.16. The van der Waals surface area contributed by atoms with Crippen LogP contribution in [-0.2, 0) is 10.0 Å². The van der Waals surface area contributed by atoms with Gasteiger partial charge < -0.3 is 9.73 Å². The van der Waals surface area contributed by atoms with Crippen LogP contribution in [-0.4, -0.2) is 19.6 Å². The highest BCUT2D eigenvalue weighted by atomic mass is 32.2. The molecular weight excluding hydrogens is 460 g/mol. The second-order valence-corrected chi connectivity index (χ2v) is 8.93. The van der Waals surface area contributed by atoms with Gasteiger partial charge in [0.15, 0.2) is 0 Å². The molecule has 0 spiro atoms. The largest absolute Gasteiger partial charge is 0.422 e. The Bertz CT molecular complexity index is 1560. The Morgan fingerprint density at radius 1 is 1.00 bits per heavy atom. The average molecular weight is 478 g/mol. The Balaban J connectivity index is 1.72. The zero-order valence-electron chi connectivity index (χ0n) is 17.8. The van der Waals surface area contributed by atoms with Crippen molar-refractivity contribution < 1.29 is 17.8 Å². The van der Waals surface area contributed by atoms with Crippen LogP contribution in [0.15, 0.2) is 92.0 Å². The fourth-order valence-corrected chi connectivity index (χ4v) is 3.95. The molecule has 0 saturated carbocycles. The first-order valence-corrected chi connectivity index (χ1v) is 11.4. The van der Waals surface area contributed by atoms with Crippen molar-refractivity contribution in [1.82, 2.24) is 4.83 Å². The van der Waals surface area contributed by atoms with Gasteiger partial charge in [0.2, 0.25) is 0 Å². The van der Waals surface area contributed by atoms with Crippen molar-refractivity contribution in [2.24, 2.45) is 5.10 Å². The lowest BCUT2D eigenvalue weighted by atomic mass is 10.1. The summed E-state index contributed by atoms with van der Waals surface area (Å²) in [6, 6.07) is 18.6. The SMILES string of the molecule is Cc1ccc(S(=O)(=O)N/N=C/c2c(Nc3ccc([N+](=O)[O-])cc3)c3ccccc3oc2=O)cc1. The van der Waals surface area contributed by atoms with Crippen LogP contribution >= 0.6 is 0 Å². The number of rotatable bonds is 7. The predicted molar refractivity (Wildman–Crippen MR) is 128 cm³/mol. The highest BCUT2D eigenvalue weighted by Crippen LogP contribution is 2.28. The lowest BCUT2D eigenvalue weighted by molar-refractivity contribution is -0.384. The van der Waals surface area contributed by atoms with Crippen LogP contribution in [0.4, 0.5) is 17.1 Å². The molecule has 3 aromatic carbocycles. The summed E-state index contributed by atoms with van der Waals surface area (Å²) in [5.41, 5.74) is 1.10. The van der Waals surface area contributed by atoms with Gasteiger partial charge in [-0.15, -0.1) is 0 Å². The van der Waals surface area contributed by atoms with E-state index < -0.39 is 20.6 Å². The number of nitro groups is 1. The van der Waals surface area contributed by atoms with E-state index in [1.807, 2.05) is 6.92 Å². The summed E-state index contributed by atoms with van der Waals surface area (Å²) in [4.78, 5) is 25.2. The molecule has 0 saturated heterocycles. The van der Waals surface area contributed by atoms with Gasteiger partial charge in [-0.2, -0.15) is 13.5 Å². The summed E-state index contributed by atoms with van der Waals surface area (Å²) >= 11 is 0. The molecular formula is C23H18N4O6S. The van der Waals surface area contributed by atoms with E-state index in [4.69, 9.17) is 4.42 Å². The summed E-state index contributed by atoms with van der Waals surface area (Å²) in [6.07, 6.45) is 1.05. The summed E-state index contributed by atoms with van der Waals surface area (Å²) in [7, 11) is -3.95. The molecule has 0 aliphatic rings. The fraction of sp³-hybridized carbons (Fsp3) is 0.0435. The number of benzene rings is 3. The zero-order valence-corrected chi connectivity index (χ0v) is 18.6. The number of fused-ring (bicyclic) bond motifs is 1. The summed E-state index contributed by atoms with van der Waals surface area (Å²) in [6.45, 7) is 1.83. The van der Waals surface area contributed by atoms with E-state index in [9.17, 15) is 23.3 Å². The van der Waals surface area contributed by atoms with Crippen molar-refractivity contribution in [2.45, 2.75) is 11.8 Å². The summed E-state index contributed by atoms with van der Waals surface area (Å²) < 4.78 is 30.3. The molecule has 0 fully saturated rings. The number of para-hydroxylation sites is 1. The lowest BCUT2D eigenvalue weighted by Gasteiger charge is -2.12. The predicted octanol–water partition coefficient (Wildman–Crippen LogP) is 4.07. The van der Waals surface area contributed by atoms with Crippen LogP contribution in [0.2, 0.25) is 0 Å². The molecule has 0 aliphatic heterocycles. The maximum Gasteiger partial charge on any atom is 0.347 e. The molecule has 34 heavy (non-hydrogen) atoms. The van der Waals surface area contributed by atoms with E-state index in [0.717, 1.165) is 11.8 Å². The molecule has 0 amide bonds. The van der Waals surface area contributed by atoms with E-state index in [-0.39, 0.29) is 16.1 Å². The van der Waals surface area contributed by atoms with Crippen LogP contribution in [0.25, 0.3) is 11.0 Å². The molecule has 0 unspecified atom stereocenters. The van der Waals surface area contributed by atoms with Gasteiger partial charge in [0.25, 0.3) is 15.7 Å². The number of hydrazone groups is 1. The van der Waals surface area contributed by atoms with E-state index >= 15 is 0 Å². The normalized spacial score (nSPS) is 11.6. The highest BCUT2D eigenvalue weighted by molar-refractivity contribution is 7.89. The van der Waals surface area contributed by atoms with Crippen LogP contribution < -0.4 is 15.8 Å². The third-order valence-corrected chi connectivity index (χ3v) is 6.13. The Labute approximate surface area is 193 Å². The van der Waals surface area contributed by atoms with Crippen LogP contribution in [0.5, 0.6) is 0 Å². The maximum atomic E-state index is 12.7. The Morgan fingerprint density at radius 2 is 1.68 bits per heavy atom. The van der Waals surface area contributed by atoms with Crippen LogP contribution in [0, 0.1) is 17.0 Å². The second kappa shape index (κ2) is 9.16. The van der Waals surface area contributed by atoms with Crippen LogP contribution in [0.3, 0.4) is 0 Å². The van der Waals surface area contributed by atoms with Gasteiger partial charge in [-0.25, -0.2) is 9.63 Å². The second-order valence-electron chi connectivity index (χ2n) is 7.27. The van der Waals surface area contributed by atoms with E-state index in [1.54, 1.807) is 36.4 Å². The number of nitrogens with one attached hydrogen (secondary N) is 2. The minimum Gasteiger partial charge on any atom is -0.422 e. The van der Waals surface area contributed by atoms with Gasteiger partial charge in [-0.3, -0.25) is 10.1 Å². The van der Waals surface area contributed by atoms with E-state index in [1.165, 1.54) is 36.4 Å². The molecule has 0 radical (unpaired) electrons. The highest BCUT2D eigenvalue weighted by Gasteiger charge is 2.16. The average Bonchev–Trinajstić information content (AvgIpc) is 2.81. The number of non-ortho nitro benzene ring substituents is 1. The monoisotopic (exact) mass is 478 g/mol. The first kappa shape index (κ1) is 22.7. The van der Waals surface area contributed by atoms with Crippen molar-refractivity contribution in [1.29, 1.82) is 0 Å². The quantitative estimate of drug-likeness (QED) is 0.176. The first-order chi connectivity index (χ1) is 16.2. The standard InChI is InChI=1S/C23H18N4O6S/c1-15-6-12-18(13-7-15)34(31,32)26-24-14-20-22(19-4-2-3-5-21(19)33-23(20)28)25-16-8-10-17(11-9-16)27(29)30/h2-14,25-26H,1H3/b24-14+. The van der Waals surface area contributed by atoms with Gasteiger partial charge in [0.05, 0.1) is 21.7 Å². The molecule has 10 nitrogen and oxygen atoms in total. The maximum absolute atomic E-state index is 12.7. The van der Waals surface area contributed by atoms with Crippen molar-refractivity contribution in [2.75, 3.05) is 5.32 Å². The Morgan fingerprint density at radius 3 is 2.35 bits per heavy atom. The number of sulfonamides is 1. The Kier molecular flexibility index (Phi) is 6.11. The first-order valence-electron chi connectivity index (χ1n) is 9.93. The number of anilines is 2. The minimum absolute atomic E-state index is 0.0185. The third kappa shape index (κ3) is 4.79. The summed E-state index contributed by atoms with van der Waals surface area (Å²) in [5.74, 6) is 0. The smallest absolute Gasteiger partial charge is 0.347 e. The molecule has 1 heterocycles. The van der Waals surface area contributed by atoms with Crippen LogP contribution in [0.1, 0.15) is 11.1 Å². The minimum atomic E-state index is -3.95. The molecule has 4 rings (SSSR count). The molecule has 1 aromatic heterocycles. The zero-order chi connectivity index (χ0) is 24.3. The molecule has 0 atom stereocenters. The molecule has 4 aromatic rings. The lowest BCUT2D eigenvalue weighted by Crippen LogP contribution is -2.19. The van der Waals surface area contributed by atoms with E-state index in [0.29, 0.717) is 22.3 Å². The Hall–Kier alpha value is -4.51. The van der Waals surface area contributed by atoms with E-state index in [2.05, 4.69) is 15.2 Å². The number of nitro benzene ring substituents is 1. The topological polar surface area (TPSA) is 144 Å². The molecule has 11 heteroatoms. The van der Waals surface area contributed by atoms with Crippen molar-refractivity contribution >= 4 is 44.3 Å². The third-order valence-electron chi connectivity index (χ3n) is 4.89. The van der Waals surface area contributed by atoms with Crippen molar-refractivity contribution in [3.8, 4) is 0 Å². The number of hydrogen-bond acceptors (Lipinski definition) is 8. The number of hydrogen-bond donors (Lipinski definition) is 2. The van der Waals surface area contributed by atoms with Crippen molar-refractivity contribution in [3.05, 3.63) is 104 Å². The number of nitrogens with zero attached hydrogens (tertiary/aromatic N) is 2. The molecule has 0 aliphatic carbocycles. The van der Waals surface area contributed by atoms with Gasteiger partial charge in [0, 0.05) is 23.2 Å². The van der Waals surface area contributed by atoms with Gasteiger partial charge >= 0.3 is 5.63 Å². The molecule has 172 valence electrons. The van der Waals surface area contributed by atoms with Crippen molar-refractivity contribution in [3.63, 3.8) is 0 Å². The summed E-state index contributed by atoms with van der Waals surface area (Å²) in [5, 5.41) is 18.3. The number of aryl methyl sites for hydroxylation is 1. The molecule has 0 bridgehead atoms. The van der Waals surface area contributed by atoms with Gasteiger partial charge in [0.1, 0.15) is 11.1 Å². The van der Waals surface area contributed by atoms with Gasteiger partial charge in [-0.1, -0.05) is 29.8 Å².